The highest BCUT2D eigenvalue weighted by Gasteiger charge is 2.28. The van der Waals surface area contributed by atoms with E-state index in [9.17, 15) is 27.2 Å². The highest BCUT2D eigenvalue weighted by molar-refractivity contribution is 5.94. The minimum Gasteiger partial charge on any atom is -0.485 e. The van der Waals surface area contributed by atoms with Gasteiger partial charge in [-0.1, -0.05) is 6.07 Å². The van der Waals surface area contributed by atoms with E-state index in [0.717, 1.165) is 12.4 Å². The molecular weight excluding hydrogens is 612 g/mol. The number of oxazole rings is 1. The second kappa shape index (κ2) is 16.4. The topological polar surface area (TPSA) is 138 Å². The first kappa shape index (κ1) is 34.8. The first-order valence-corrected chi connectivity index (χ1v) is 13.6. The number of carbonyl (C=O) groups excluding carboxylic acids is 2. The number of morpholine rings is 1. The molecule has 1 fully saturated rings. The van der Waals surface area contributed by atoms with E-state index in [4.69, 9.17) is 24.4 Å². The minimum atomic E-state index is -3.13. The van der Waals surface area contributed by atoms with Crippen LogP contribution in [0.25, 0.3) is 11.5 Å². The van der Waals surface area contributed by atoms with E-state index in [1.54, 1.807) is 6.92 Å². The van der Waals surface area contributed by atoms with Crippen molar-refractivity contribution >= 4 is 24.6 Å². The van der Waals surface area contributed by atoms with Gasteiger partial charge < -0.3 is 39.8 Å². The van der Waals surface area contributed by atoms with Crippen molar-refractivity contribution in [1.82, 2.24) is 15.6 Å². The number of alkyl halides is 2. The van der Waals surface area contributed by atoms with Gasteiger partial charge in [-0.25, -0.2) is 13.8 Å². The summed E-state index contributed by atoms with van der Waals surface area (Å²) in [5, 5.41) is 5.79. The number of ether oxygens (including phenoxy) is 3. The molecule has 4 rings (SSSR count). The Balaban J connectivity index is 0.00000529. The Hall–Kier alpha value is -3.72. The summed E-state index contributed by atoms with van der Waals surface area (Å²) < 4.78 is 76.0. The van der Waals surface area contributed by atoms with Crippen LogP contribution in [-0.2, 0) is 16.1 Å². The van der Waals surface area contributed by atoms with E-state index >= 15 is 0 Å². The molecule has 3 unspecified atom stereocenters. The molecule has 240 valence electrons. The third kappa shape index (κ3) is 9.14. The van der Waals surface area contributed by atoms with Crippen molar-refractivity contribution in [3.63, 3.8) is 0 Å². The fraction of sp³-hybridized carbons (Fsp3) is 0.414. The maximum absolute atomic E-state index is 14.0. The SMILES string of the molecule is CC(N)c1oc(-c2ccc(OC(F)F)c(OC(CCCC=O)C3COCCN3)c2)nc1C(=O)NCc1ccc(F)cc1F.Cl. The smallest absolute Gasteiger partial charge is 0.387 e. The molecule has 1 aromatic heterocycles. The third-order valence-electron chi connectivity index (χ3n) is 6.63. The van der Waals surface area contributed by atoms with E-state index in [-0.39, 0.29) is 65.0 Å². The lowest BCUT2D eigenvalue weighted by Gasteiger charge is -2.32. The molecule has 1 aliphatic heterocycles. The Morgan fingerprint density at radius 1 is 1.20 bits per heavy atom. The number of carbonyl (C=O) groups is 2. The van der Waals surface area contributed by atoms with Crippen LogP contribution in [0, 0.1) is 11.6 Å². The number of rotatable bonds is 14. The van der Waals surface area contributed by atoms with Crippen molar-refractivity contribution in [2.75, 3.05) is 19.8 Å². The zero-order chi connectivity index (χ0) is 30.9. The molecule has 4 N–H and O–H groups in total. The Bertz CT molecular complexity index is 1400. The molecule has 1 saturated heterocycles. The van der Waals surface area contributed by atoms with Crippen LogP contribution in [0.4, 0.5) is 17.6 Å². The quantitative estimate of drug-likeness (QED) is 0.130. The van der Waals surface area contributed by atoms with Crippen molar-refractivity contribution in [1.29, 1.82) is 0 Å². The minimum absolute atomic E-state index is 0. The average molecular weight is 645 g/mol. The van der Waals surface area contributed by atoms with E-state index in [0.29, 0.717) is 45.1 Å². The zero-order valence-corrected chi connectivity index (χ0v) is 24.5. The van der Waals surface area contributed by atoms with Crippen molar-refractivity contribution in [2.24, 2.45) is 5.73 Å². The van der Waals surface area contributed by atoms with Gasteiger partial charge >= 0.3 is 6.61 Å². The normalized spacial score (nSPS) is 16.1. The summed E-state index contributed by atoms with van der Waals surface area (Å²) in [5.74, 6) is -2.62. The first-order valence-electron chi connectivity index (χ1n) is 13.6. The number of aromatic nitrogens is 1. The lowest BCUT2D eigenvalue weighted by atomic mass is 10.0. The molecular formula is C29H33ClF4N4O6. The molecule has 3 aromatic rings. The van der Waals surface area contributed by atoms with Crippen LogP contribution in [0.15, 0.2) is 40.8 Å². The molecule has 1 aliphatic rings. The van der Waals surface area contributed by atoms with Crippen molar-refractivity contribution < 1.29 is 45.8 Å². The largest absolute Gasteiger partial charge is 0.485 e. The number of unbranched alkanes of at least 4 members (excludes halogenated alkanes) is 1. The van der Waals surface area contributed by atoms with Crippen LogP contribution in [-0.4, -0.2) is 55.7 Å². The molecule has 0 spiro atoms. The molecule has 0 saturated carbocycles. The van der Waals surface area contributed by atoms with Crippen LogP contribution in [0.2, 0.25) is 0 Å². The van der Waals surface area contributed by atoms with Gasteiger partial charge in [0.2, 0.25) is 5.89 Å². The molecule has 2 aromatic carbocycles. The van der Waals surface area contributed by atoms with E-state index < -0.39 is 36.3 Å². The average Bonchev–Trinajstić information content (AvgIpc) is 3.43. The fourth-order valence-corrected chi connectivity index (χ4v) is 4.51. The Morgan fingerprint density at radius 2 is 2.00 bits per heavy atom. The lowest BCUT2D eigenvalue weighted by Crippen LogP contribution is -2.50. The van der Waals surface area contributed by atoms with Gasteiger partial charge in [-0.3, -0.25) is 4.79 Å². The van der Waals surface area contributed by atoms with Crippen LogP contribution in [0.5, 0.6) is 11.5 Å². The van der Waals surface area contributed by atoms with E-state index in [2.05, 4.69) is 15.6 Å². The molecule has 1 amide bonds. The van der Waals surface area contributed by atoms with Crippen LogP contribution >= 0.6 is 12.4 Å². The van der Waals surface area contributed by atoms with Crippen LogP contribution < -0.4 is 25.8 Å². The molecule has 0 radical (unpaired) electrons. The summed E-state index contributed by atoms with van der Waals surface area (Å²) in [6, 6.07) is 5.97. The summed E-state index contributed by atoms with van der Waals surface area (Å²) in [6.07, 6.45) is 1.44. The van der Waals surface area contributed by atoms with Crippen LogP contribution in [0.3, 0.4) is 0 Å². The van der Waals surface area contributed by atoms with Gasteiger partial charge in [0.05, 0.1) is 25.3 Å². The summed E-state index contributed by atoms with van der Waals surface area (Å²) in [4.78, 5) is 28.2. The van der Waals surface area contributed by atoms with Crippen molar-refractivity contribution in [3.05, 3.63) is 65.1 Å². The molecule has 44 heavy (non-hydrogen) atoms. The zero-order valence-electron chi connectivity index (χ0n) is 23.7. The summed E-state index contributed by atoms with van der Waals surface area (Å²) >= 11 is 0. The fourth-order valence-electron chi connectivity index (χ4n) is 4.51. The molecule has 3 atom stereocenters. The Kier molecular flexibility index (Phi) is 12.9. The number of nitrogens with two attached hydrogens (primary N) is 1. The third-order valence-corrected chi connectivity index (χ3v) is 6.63. The first-order chi connectivity index (χ1) is 20.7. The summed E-state index contributed by atoms with van der Waals surface area (Å²) in [6.45, 7) is -0.438. The molecule has 15 heteroatoms. The molecule has 10 nitrogen and oxygen atoms in total. The number of aldehydes is 1. The van der Waals surface area contributed by atoms with Crippen molar-refractivity contribution in [3.8, 4) is 23.0 Å². The maximum Gasteiger partial charge on any atom is 0.387 e. The second-order valence-electron chi connectivity index (χ2n) is 9.87. The van der Waals surface area contributed by atoms with Crippen molar-refractivity contribution in [2.45, 2.75) is 57.5 Å². The number of hydrogen-bond donors (Lipinski definition) is 3. The van der Waals surface area contributed by atoms with Gasteiger partial charge in [0.15, 0.2) is 23.0 Å². The summed E-state index contributed by atoms with van der Waals surface area (Å²) in [7, 11) is 0. The van der Waals surface area contributed by atoms with Gasteiger partial charge in [0.1, 0.15) is 24.0 Å². The molecule has 0 aliphatic carbocycles. The van der Waals surface area contributed by atoms with Gasteiger partial charge in [-0.15, -0.1) is 12.4 Å². The Morgan fingerprint density at radius 3 is 2.66 bits per heavy atom. The number of nitrogens with one attached hydrogen (secondary N) is 2. The van der Waals surface area contributed by atoms with E-state index in [1.807, 2.05) is 0 Å². The van der Waals surface area contributed by atoms with E-state index in [1.165, 1.54) is 24.3 Å². The number of benzene rings is 2. The highest BCUT2D eigenvalue weighted by Crippen LogP contribution is 2.36. The standard InChI is InChI=1S/C29H32F4N4O6.ClH/c1-16(34)26-25(27(39)36-14-18-5-7-19(30)13-20(18)31)37-28(43-26)17-6-8-23(42-29(32)33)24(12-17)41-22(4-2-3-10-38)21-15-40-11-9-35-21;/h5-8,10,12-13,16,21-22,29,35H,2-4,9,11,14-15,34H2,1H3,(H,36,39);1H. The number of nitrogens with zero attached hydrogens (tertiary/aromatic N) is 1. The second-order valence-corrected chi connectivity index (χ2v) is 9.87. The predicted molar refractivity (Wildman–Crippen MR) is 153 cm³/mol. The highest BCUT2D eigenvalue weighted by atomic mass is 35.5. The maximum atomic E-state index is 14.0. The number of hydrogen-bond acceptors (Lipinski definition) is 9. The van der Waals surface area contributed by atoms with Gasteiger partial charge in [-0.05, 0) is 44.0 Å². The molecule has 0 bridgehead atoms. The lowest BCUT2D eigenvalue weighted by molar-refractivity contribution is -0.108. The van der Waals surface area contributed by atoms with Gasteiger partial charge in [0.25, 0.3) is 5.91 Å². The van der Waals surface area contributed by atoms with Gasteiger partial charge in [-0.2, -0.15) is 8.78 Å². The predicted octanol–water partition coefficient (Wildman–Crippen LogP) is 4.70. The van der Waals surface area contributed by atoms with Crippen LogP contribution in [0.1, 0.15) is 54.0 Å². The summed E-state index contributed by atoms with van der Waals surface area (Å²) in [5.41, 5.74) is 6.17. The number of halogens is 5. The van der Waals surface area contributed by atoms with Gasteiger partial charge in [0, 0.05) is 36.7 Å². The Labute approximate surface area is 257 Å². The number of amides is 1. The molecule has 2 heterocycles. The monoisotopic (exact) mass is 644 g/mol.